The Labute approximate surface area is 178 Å². The number of aliphatic carboxylic acids is 2. The van der Waals surface area contributed by atoms with Crippen LogP contribution in [0.25, 0.3) is 0 Å². The first-order valence-electron chi connectivity index (χ1n) is 10.5. The third kappa shape index (κ3) is 16.7. The number of carbonyl (C=O) groups is 4. The number of carbonyl (C=O) groups excluding carboxylic acids is 2. The molecule has 10 heteroatoms. The Morgan fingerprint density at radius 1 is 0.667 bits per heavy atom. The van der Waals surface area contributed by atoms with Crippen molar-refractivity contribution in [3.63, 3.8) is 0 Å². The lowest BCUT2D eigenvalue weighted by molar-refractivity contribution is -0.149. The summed E-state index contributed by atoms with van der Waals surface area (Å²) in [5.41, 5.74) is 0. The van der Waals surface area contributed by atoms with E-state index in [0.29, 0.717) is 6.61 Å². The number of ether oxygens (including phenoxy) is 2. The van der Waals surface area contributed by atoms with E-state index >= 15 is 0 Å². The van der Waals surface area contributed by atoms with Gasteiger partial charge in [0.15, 0.2) is 0 Å². The number of nitrogens with zero attached hydrogens (tertiary/aromatic N) is 2. The molecule has 0 unspecified atom stereocenters. The van der Waals surface area contributed by atoms with Gasteiger partial charge in [-0.15, -0.1) is 0 Å². The maximum Gasteiger partial charge on any atom is 0.320 e. The Kier molecular flexibility index (Phi) is 16.3. The van der Waals surface area contributed by atoms with E-state index in [4.69, 9.17) is 19.7 Å². The predicted octanol–water partition coefficient (Wildman–Crippen LogP) is 1.23. The summed E-state index contributed by atoms with van der Waals surface area (Å²) in [7, 11) is 0. The molecule has 10 nitrogen and oxygen atoms in total. The van der Waals surface area contributed by atoms with Gasteiger partial charge in [0, 0.05) is 13.1 Å². The summed E-state index contributed by atoms with van der Waals surface area (Å²) < 4.78 is 9.99. The van der Waals surface area contributed by atoms with Crippen LogP contribution in [0, 0.1) is 0 Å². The van der Waals surface area contributed by atoms with Crippen molar-refractivity contribution in [3.05, 3.63) is 0 Å². The largest absolute Gasteiger partial charge is 0.480 e. The van der Waals surface area contributed by atoms with E-state index in [1.54, 1.807) is 6.92 Å². The number of unbranched alkanes of at least 4 members (excludes halogenated alkanes) is 5. The van der Waals surface area contributed by atoms with Gasteiger partial charge in [-0.1, -0.05) is 39.0 Å². The number of hydrogen-bond donors (Lipinski definition) is 2. The molecular weight excluding hydrogens is 396 g/mol. The molecule has 0 aliphatic rings. The van der Waals surface area contributed by atoms with Crippen molar-refractivity contribution in [2.75, 3.05) is 52.5 Å². The van der Waals surface area contributed by atoms with Crippen molar-refractivity contribution < 1.29 is 38.9 Å². The van der Waals surface area contributed by atoms with Gasteiger partial charge in [-0.25, -0.2) is 0 Å². The second kappa shape index (κ2) is 17.6. The number of esters is 2. The minimum Gasteiger partial charge on any atom is -0.480 e. The molecule has 0 heterocycles. The molecule has 30 heavy (non-hydrogen) atoms. The van der Waals surface area contributed by atoms with Crippen LogP contribution >= 0.6 is 0 Å². The molecule has 0 saturated carbocycles. The average Bonchev–Trinajstić information content (AvgIpc) is 2.64. The van der Waals surface area contributed by atoms with Gasteiger partial charge in [0.25, 0.3) is 0 Å². The predicted molar refractivity (Wildman–Crippen MR) is 109 cm³/mol. The first-order chi connectivity index (χ1) is 14.3. The topological polar surface area (TPSA) is 134 Å². The summed E-state index contributed by atoms with van der Waals surface area (Å²) in [6, 6.07) is 0. The van der Waals surface area contributed by atoms with Crippen molar-refractivity contribution in [3.8, 4) is 0 Å². The highest BCUT2D eigenvalue weighted by Gasteiger charge is 2.19. The van der Waals surface area contributed by atoms with Crippen LogP contribution in [0.3, 0.4) is 0 Å². The highest BCUT2D eigenvalue weighted by Crippen LogP contribution is 2.05. The standard InChI is InChI=1S/C20H36N2O8/c1-3-5-6-7-8-9-12-30-20(28)16-22(14-18(25)26)11-10-21(13-17(23)24)15-19(27)29-4-2/h3-16H2,1-2H3,(H,23,24)(H,25,26). The van der Waals surface area contributed by atoms with Gasteiger partial charge < -0.3 is 19.7 Å². The number of carboxylic acid groups (broad SMARTS) is 2. The van der Waals surface area contributed by atoms with Gasteiger partial charge >= 0.3 is 23.9 Å². The smallest absolute Gasteiger partial charge is 0.320 e. The highest BCUT2D eigenvalue weighted by molar-refractivity contribution is 5.74. The first kappa shape index (κ1) is 27.8. The number of hydrogen-bond acceptors (Lipinski definition) is 8. The molecule has 174 valence electrons. The zero-order chi connectivity index (χ0) is 22.8. The van der Waals surface area contributed by atoms with Gasteiger partial charge in [0.1, 0.15) is 0 Å². The maximum atomic E-state index is 12.0. The lowest BCUT2D eigenvalue weighted by Crippen LogP contribution is -2.43. The summed E-state index contributed by atoms with van der Waals surface area (Å²) in [6.45, 7) is 3.18. The minimum absolute atomic E-state index is 0.0864. The molecule has 0 amide bonds. The quantitative estimate of drug-likeness (QED) is 0.227. The molecule has 0 aliphatic carbocycles. The van der Waals surface area contributed by atoms with Gasteiger partial charge in [-0.2, -0.15) is 0 Å². The van der Waals surface area contributed by atoms with E-state index in [1.807, 2.05) is 0 Å². The molecule has 0 radical (unpaired) electrons. The van der Waals surface area contributed by atoms with E-state index in [0.717, 1.165) is 32.1 Å². The van der Waals surface area contributed by atoms with E-state index in [2.05, 4.69) is 6.92 Å². The lowest BCUT2D eigenvalue weighted by Gasteiger charge is -2.24. The molecule has 2 N–H and O–H groups in total. The van der Waals surface area contributed by atoms with Gasteiger partial charge in [0.2, 0.25) is 0 Å². The second-order valence-electron chi connectivity index (χ2n) is 7.00. The molecule has 0 rings (SSSR count). The van der Waals surface area contributed by atoms with Gasteiger partial charge in [0.05, 0.1) is 39.4 Å². The molecule has 0 bridgehead atoms. The Balaban J connectivity index is 4.48. The number of rotatable bonds is 19. The van der Waals surface area contributed by atoms with Crippen LogP contribution in [0.15, 0.2) is 0 Å². The fourth-order valence-corrected chi connectivity index (χ4v) is 2.78. The molecule has 0 spiro atoms. The van der Waals surface area contributed by atoms with Crippen LogP contribution in [0.1, 0.15) is 52.4 Å². The molecule has 0 aliphatic heterocycles. The van der Waals surface area contributed by atoms with Crippen molar-refractivity contribution >= 4 is 23.9 Å². The summed E-state index contributed by atoms with van der Waals surface area (Å²) in [6.07, 6.45) is 6.35. The summed E-state index contributed by atoms with van der Waals surface area (Å²) >= 11 is 0. The van der Waals surface area contributed by atoms with Crippen LogP contribution in [0.5, 0.6) is 0 Å². The number of carboxylic acids is 2. The molecule has 0 aromatic carbocycles. The van der Waals surface area contributed by atoms with Crippen molar-refractivity contribution in [2.24, 2.45) is 0 Å². The first-order valence-corrected chi connectivity index (χ1v) is 10.5. The van der Waals surface area contributed by atoms with Crippen LogP contribution in [-0.2, 0) is 28.7 Å². The van der Waals surface area contributed by atoms with Gasteiger partial charge in [-0.05, 0) is 13.3 Å². The second-order valence-corrected chi connectivity index (χ2v) is 7.00. The minimum atomic E-state index is -1.12. The Hall–Kier alpha value is -2.20. The monoisotopic (exact) mass is 432 g/mol. The molecular formula is C20H36N2O8. The molecule has 0 aromatic rings. The Bertz CT molecular complexity index is 527. The lowest BCUT2D eigenvalue weighted by atomic mass is 10.1. The summed E-state index contributed by atoms with van der Waals surface area (Å²) in [4.78, 5) is 48.4. The summed E-state index contributed by atoms with van der Waals surface area (Å²) in [5, 5.41) is 18.1. The van der Waals surface area contributed by atoms with E-state index in [1.165, 1.54) is 16.2 Å². The van der Waals surface area contributed by atoms with Crippen molar-refractivity contribution in [1.82, 2.24) is 9.80 Å². The zero-order valence-corrected chi connectivity index (χ0v) is 18.1. The van der Waals surface area contributed by atoms with Gasteiger partial charge in [-0.3, -0.25) is 29.0 Å². The average molecular weight is 433 g/mol. The molecule has 0 saturated heterocycles. The Morgan fingerprint density at radius 3 is 1.60 bits per heavy atom. The van der Waals surface area contributed by atoms with Crippen LogP contribution in [0.4, 0.5) is 0 Å². The highest BCUT2D eigenvalue weighted by atomic mass is 16.5. The molecule has 0 aromatic heterocycles. The third-order valence-electron chi connectivity index (χ3n) is 4.22. The normalized spacial score (nSPS) is 10.9. The van der Waals surface area contributed by atoms with E-state index < -0.39 is 37.0 Å². The maximum absolute atomic E-state index is 12.0. The van der Waals surface area contributed by atoms with Crippen LogP contribution in [-0.4, -0.2) is 96.4 Å². The fraction of sp³-hybridized carbons (Fsp3) is 0.800. The van der Waals surface area contributed by atoms with Crippen LogP contribution < -0.4 is 0 Å². The van der Waals surface area contributed by atoms with Crippen molar-refractivity contribution in [1.29, 1.82) is 0 Å². The third-order valence-corrected chi connectivity index (χ3v) is 4.22. The van der Waals surface area contributed by atoms with E-state index in [9.17, 15) is 19.2 Å². The van der Waals surface area contributed by atoms with Crippen molar-refractivity contribution in [2.45, 2.75) is 52.4 Å². The zero-order valence-electron chi connectivity index (χ0n) is 18.1. The SMILES string of the molecule is CCCCCCCCOC(=O)CN(CCN(CC(=O)O)CC(=O)OCC)CC(=O)O. The fourth-order valence-electron chi connectivity index (χ4n) is 2.78. The molecule has 0 fully saturated rings. The van der Waals surface area contributed by atoms with Crippen LogP contribution in [0.2, 0.25) is 0 Å². The Morgan fingerprint density at radius 2 is 1.13 bits per heavy atom. The summed E-state index contributed by atoms with van der Waals surface area (Å²) in [5.74, 6) is -3.34. The molecule has 0 atom stereocenters. The van der Waals surface area contributed by atoms with E-state index in [-0.39, 0.29) is 32.8 Å².